The van der Waals surface area contributed by atoms with Crippen LogP contribution in [0.5, 0.6) is 0 Å². The maximum absolute atomic E-state index is 11.8. The summed E-state index contributed by atoms with van der Waals surface area (Å²) in [5, 5.41) is 0.988. The molecular weight excluding hydrogens is 314 g/mol. The number of aryl methyl sites for hydroxylation is 2. The minimum Gasteiger partial charge on any atom is -0.456 e. The molecule has 1 heterocycles. The standard InChI is InChI=1S/C13H12BrNO2S/c1-8-12(18-9(2)15-8)7-17-13(16)10-3-5-11(14)6-4-10/h3-6H,7H2,1-2H3. The molecule has 0 aliphatic heterocycles. The van der Waals surface area contributed by atoms with Crippen LogP contribution >= 0.6 is 27.3 Å². The molecule has 0 N–H and O–H groups in total. The number of halogens is 1. The first-order valence-corrected chi connectivity index (χ1v) is 7.03. The van der Waals surface area contributed by atoms with Crippen LogP contribution in [0, 0.1) is 13.8 Å². The van der Waals surface area contributed by atoms with Crippen LogP contribution in [0.3, 0.4) is 0 Å². The van der Waals surface area contributed by atoms with Crippen LogP contribution in [0.2, 0.25) is 0 Å². The van der Waals surface area contributed by atoms with Crippen LogP contribution in [0.25, 0.3) is 0 Å². The monoisotopic (exact) mass is 325 g/mol. The first kappa shape index (κ1) is 13.2. The van der Waals surface area contributed by atoms with E-state index >= 15 is 0 Å². The van der Waals surface area contributed by atoms with Crippen LogP contribution in [-0.2, 0) is 11.3 Å². The second-order valence-electron chi connectivity index (χ2n) is 3.82. The van der Waals surface area contributed by atoms with Gasteiger partial charge < -0.3 is 4.74 Å². The smallest absolute Gasteiger partial charge is 0.338 e. The number of carbonyl (C=O) groups excluding carboxylic acids is 1. The molecule has 2 rings (SSSR count). The van der Waals surface area contributed by atoms with E-state index in [1.165, 1.54) is 0 Å². The van der Waals surface area contributed by atoms with Crippen molar-refractivity contribution in [1.29, 1.82) is 0 Å². The van der Waals surface area contributed by atoms with Gasteiger partial charge in [0.25, 0.3) is 0 Å². The summed E-state index contributed by atoms with van der Waals surface area (Å²) in [5.74, 6) is -0.312. The highest BCUT2D eigenvalue weighted by atomic mass is 79.9. The summed E-state index contributed by atoms with van der Waals surface area (Å²) < 4.78 is 6.20. The number of hydrogen-bond acceptors (Lipinski definition) is 4. The summed E-state index contributed by atoms with van der Waals surface area (Å²) in [6.07, 6.45) is 0. The number of carbonyl (C=O) groups is 1. The normalized spacial score (nSPS) is 10.4. The Bertz CT molecular complexity index is 563. The Morgan fingerprint density at radius 3 is 2.56 bits per heavy atom. The fourth-order valence-electron chi connectivity index (χ4n) is 1.51. The van der Waals surface area contributed by atoms with Gasteiger partial charge in [-0.3, -0.25) is 0 Å². The van der Waals surface area contributed by atoms with E-state index in [9.17, 15) is 4.79 Å². The summed E-state index contributed by atoms with van der Waals surface area (Å²) in [5.41, 5.74) is 1.48. The Morgan fingerprint density at radius 2 is 2.00 bits per heavy atom. The van der Waals surface area contributed by atoms with E-state index in [0.717, 1.165) is 20.1 Å². The first-order chi connectivity index (χ1) is 8.56. The summed E-state index contributed by atoms with van der Waals surface area (Å²) in [6, 6.07) is 7.10. The van der Waals surface area contributed by atoms with Crippen molar-refractivity contribution in [3.63, 3.8) is 0 Å². The van der Waals surface area contributed by atoms with Crippen LogP contribution in [0.4, 0.5) is 0 Å². The number of aromatic nitrogens is 1. The molecule has 18 heavy (non-hydrogen) atoms. The predicted octanol–water partition coefficient (Wildman–Crippen LogP) is 3.88. The van der Waals surface area contributed by atoms with E-state index in [0.29, 0.717) is 5.56 Å². The molecule has 0 saturated heterocycles. The molecule has 0 aliphatic rings. The minimum absolute atomic E-state index is 0.284. The molecule has 2 aromatic rings. The lowest BCUT2D eigenvalue weighted by Crippen LogP contribution is -2.04. The molecule has 0 aliphatic carbocycles. The molecule has 0 fully saturated rings. The van der Waals surface area contributed by atoms with Crippen LogP contribution < -0.4 is 0 Å². The largest absolute Gasteiger partial charge is 0.456 e. The number of thiazole rings is 1. The fourth-order valence-corrected chi connectivity index (χ4v) is 2.62. The topological polar surface area (TPSA) is 39.2 Å². The third-order valence-electron chi connectivity index (χ3n) is 2.41. The number of hydrogen-bond donors (Lipinski definition) is 0. The second-order valence-corrected chi connectivity index (χ2v) is 6.03. The van der Waals surface area contributed by atoms with Gasteiger partial charge in [-0.15, -0.1) is 11.3 Å². The van der Waals surface area contributed by atoms with E-state index in [4.69, 9.17) is 4.74 Å². The van der Waals surface area contributed by atoms with E-state index < -0.39 is 0 Å². The van der Waals surface area contributed by atoms with Gasteiger partial charge in [0.1, 0.15) is 6.61 Å². The van der Waals surface area contributed by atoms with Gasteiger partial charge in [-0.05, 0) is 38.1 Å². The highest BCUT2D eigenvalue weighted by molar-refractivity contribution is 9.10. The molecule has 94 valence electrons. The average molecular weight is 326 g/mol. The highest BCUT2D eigenvalue weighted by Crippen LogP contribution is 2.19. The predicted molar refractivity (Wildman–Crippen MR) is 74.8 cm³/mol. The Kier molecular flexibility index (Phi) is 4.14. The summed E-state index contributed by atoms with van der Waals surface area (Å²) in [4.78, 5) is 17.1. The Hall–Kier alpha value is -1.20. The quantitative estimate of drug-likeness (QED) is 0.804. The molecule has 0 atom stereocenters. The van der Waals surface area contributed by atoms with Crippen molar-refractivity contribution in [2.24, 2.45) is 0 Å². The lowest BCUT2D eigenvalue weighted by Gasteiger charge is -2.03. The van der Waals surface area contributed by atoms with E-state index in [1.807, 2.05) is 26.0 Å². The van der Waals surface area contributed by atoms with Gasteiger partial charge in [-0.25, -0.2) is 9.78 Å². The first-order valence-electron chi connectivity index (χ1n) is 5.42. The molecule has 3 nitrogen and oxygen atoms in total. The van der Waals surface area contributed by atoms with Crippen molar-refractivity contribution in [3.05, 3.63) is 49.9 Å². The van der Waals surface area contributed by atoms with Crippen LogP contribution in [-0.4, -0.2) is 11.0 Å². The van der Waals surface area contributed by atoms with Gasteiger partial charge in [0.05, 0.1) is 21.1 Å². The van der Waals surface area contributed by atoms with Crippen molar-refractivity contribution in [3.8, 4) is 0 Å². The molecule has 5 heteroatoms. The number of ether oxygens (including phenoxy) is 1. The minimum atomic E-state index is -0.312. The zero-order valence-electron chi connectivity index (χ0n) is 10.1. The van der Waals surface area contributed by atoms with E-state index in [1.54, 1.807) is 23.5 Å². The second kappa shape index (κ2) is 5.63. The maximum Gasteiger partial charge on any atom is 0.338 e. The average Bonchev–Trinajstić information content (AvgIpc) is 2.66. The van der Waals surface area contributed by atoms with Gasteiger partial charge in [-0.2, -0.15) is 0 Å². The van der Waals surface area contributed by atoms with E-state index in [2.05, 4.69) is 20.9 Å². The summed E-state index contributed by atoms with van der Waals surface area (Å²) in [7, 11) is 0. The number of nitrogens with zero attached hydrogens (tertiary/aromatic N) is 1. The van der Waals surface area contributed by atoms with Crippen molar-refractivity contribution in [2.45, 2.75) is 20.5 Å². The Labute approximate surface area is 118 Å². The summed E-state index contributed by atoms with van der Waals surface area (Å²) in [6.45, 7) is 4.15. The molecule has 0 bridgehead atoms. The number of rotatable bonds is 3. The fraction of sp³-hybridized carbons (Fsp3) is 0.231. The van der Waals surface area contributed by atoms with Gasteiger partial charge in [0, 0.05) is 4.47 Å². The van der Waals surface area contributed by atoms with Gasteiger partial charge >= 0.3 is 5.97 Å². The van der Waals surface area contributed by atoms with Crippen molar-refractivity contribution in [1.82, 2.24) is 4.98 Å². The molecular formula is C13H12BrNO2S. The van der Waals surface area contributed by atoms with Crippen LogP contribution in [0.15, 0.2) is 28.7 Å². The lowest BCUT2D eigenvalue weighted by molar-refractivity contribution is 0.0476. The zero-order chi connectivity index (χ0) is 13.1. The number of esters is 1. The van der Waals surface area contributed by atoms with Crippen molar-refractivity contribution < 1.29 is 9.53 Å². The summed E-state index contributed by atoms with van der Waals surface area (Å²) >= 11 is 4.88. The van der Waals surface area contributed by atoms with E-state index in [-0.39, 0.29) is 12.6 Å². The van der Waals surface area contributed by atoms with Gasteiger partial charge in [0.15, 0.2) is 0 Å². The SMILES string of the molecule is Cc1nc(C)c(COC(=O)c2ccc(Br)cc2)s1. The third kappa shape index (κ3) is 3.17. The van der Waals surface area contributed by atoms with Crippen LogP contribution in [0.1, 0.15) is 25.9 Å². The molecule has 0 radical (unpaired) electrons. The Balaban J connectivity index is 2.00. The molecule has 0 spiro atoms. The Morgan fingerprint density at radius 1 is 1.33 bits per heavy atom. The molecule has 0 saturated carbocycles. The molecule has 0 unspecified atom stereocenters. The molecule has 1 aromatic heterocycles. The molecule has 1 aromatic carbocycles. The van der Waals surface area contributed by atoms with Gasteiger partial charge in [-0.1, -0.05) is 15.9 Å². The lowest BCUT2D eigenvalue weighted by atomic mass is 10.2. The maximum atomic E-state index is 11.8. The highest BCUT2D eigenvalue weighted by Gasteiger charge is 2.10. The number of benzene rings is 1. The zero-order valence-corrected chi connectivity index (χ0v) is 12.5. The molecule has 0 amide bonds. The van der Waals surface area contributed by atoms with Gasteiger partial charge in [0.2, 0.25) is 0 Å². The third-order valence-corrected chi connectivity index (χ3v) is 3.99. The van der Waals surface area contributed by atoms with Crippen molar-refractivity contribution >= 4 is 33.2 Å². The van der Waals surface area contributed by atoms with Crippen molar-refractivity contribution in [2.75, 3.05) is 0 Å².